The third-order valence-corrected chi connectivity index (χ3v) is 4.49. The fourth-order valence-corrected chi connectivity index (χ4v) is 3.18. The molecule has 1 atom stereocenters. The number of nitrogens with zero attached hydrogens (tertiary/aromatic N) is 3. The van der Waals surface area contributed by atoms with Gasteiger partial charge in [-0.2, -0.15) is 0 Å². The van der Waals surface area contributed by atoms with Crippen molar-refractivity contribution in [2.75, 3.05) is 12.4 Å². The van der Waals surface area contributed by atoms with Gasteiger partial charge in [0.2, 0.25) is 5.91 Å². The van der Waals surface area contributed by atoms with E-state index in [1.165, 1.54) is 11.8 Å². The Bertz CT molecular complexity index is 638. The number of rotatable bonds is 6. The molecular formula is C15H18N4O2S. The van der Waals surface area contributed by atoms with E-state index >= 15 is 0 Å². The Labute approximate surface area is 133 Å². The van der Waals surface area contributed by atoms with Gasteiger partial charge in [0.25, 0.3) is 0 Å². The molecule has 6 nitrogen and oxygen atoms in total. The van der Waals surface area contributed by atoms with E-state index in [4.69, 9.17) is 10.5 Å². The Balaban J connectivity index is 1.89. The molecule has 1 saturated heterocycles. The number of thioether (sulfide) groups is 1. The summed E-state index contributed by atoms with van der Waals surface area (Å²) in [4.78, 5) is 11.0. The predicted molar refractivity (Wildman–Crippen MR) is 84.4 cm³/mol. The van der Waals surface area contributed by atoms with E-state index in [0.29, 0.717) is 11.7 Å². The number of nitrogens with two attached hydrogens (primary N) is 1. The van der Waals surface area contributed by atoms with E-state index in [0.717, 1.165) is 30.8 Å². The van der Waals surface area contributed by atoms with E-state index in [-0.39, 0.29) is 17.8 Å². The van der Waals surface area contributed by atoms with Crippen LogP contribution < -0.4 is 5.73 Å². The minimum Gasteiger partial charge on any atom is -0.376 e. The lowest BCUT2D eigenvalue weighted by molar-refractivity contribution is -0.115. The zero-order chi connectivity index (χ0) is 15.4. The molecule has 1 aliphatic heterocycles. The molecular weight excluding hydrogens is 300 g/mol. The molecule has 22 heavy (non-hydrogen) atoms. The number of carbonyl (C=O) groups is 1. The second-order valence-corrected chi connectivity index (χ2v) is 6.12. The minimum atomic E-state index is -0.363. The van der Waals surface area contributed by atoms with Crippen molar-refractivity contribution in [3.05, 3.63) is 30.3 Å². The molecule has 2 heterocycles. The maximum Gasteiger partial charge on any atom is 0.227 e. The summed E-state index contributed by atoms with van der Waals surface area (Å²) in [6.45, 7) is 1.50. The van der Waals surface area contributed by atoms with Gasteiger partial charge >= 0.3 is 0 Å². The van der Waals surface area contributed by atoms with E-state index in [9.17, 15) is 4.79 Å². The SMILES string of the molecule is NC(=O)CSc1nnc(-c2ccccc2)n1CC1CCCO1. The average molecular weight is 318 g/mol. The van der Waals surface area contributed by atoms with E-state index in [1.807, 2.05) is 34.9 Å². The van der Waals surface area contributed by atoms with Crippen LogP contribution in [0.1, 0.15) is 12.8 Å². The van der Waals surface area contributed by atoms with Crippen LogP contribution in [0.25, 0.3) is 11.4 Å². The van der Waals surface area contributed by atoms with Gasteiger partial charge in [0, 0.05) is 12.2 Å². The molecule has 116 valence electrons. The van der Waals surface area contributed by atoms with Crippen LogP contribution >= 0.6 is 11.8 Å². The molecule has 2 N–H and O–H groups in total. The summed E-state index contributed by atoms with van der Waals surface area (Å²) in [6, 6.07) is 9.90. The Hall–Kier alpha value is -1.86. The topological polar surface area (TPSA) is 83.0 Å². The molecule has 1 amide bonds. The first-order valence-corrected chi connectivity index (χ1v) is 8.24. The number of carbonyl (C=O) groups excluding carboxylic acids is 1. The highest BCUT2D eigenvalue weighted by atomic mass is 32.2. The van der Waals surface area contributed by atoms with Gasteiger partial charge < -0.3 is 10.5 Å². The van der Waals surface area contributed by atoms with Gasteiger partial charge in [0.05, 0.1) is 18.4 Å². The molecule has 7 heteroatoms. The Morgan fingerprint density at radius 3 is 2.86 bits per heavy atom. The van der Waals surface area contributed by atoms with Gasteiger partial charge in [0.15, 0.2) is 11.0 Å². The fraction of sp³-hybridized carbons (Fsp3) is 0.400. The minimum absolute atomic E-state index is 0.173. The standard InChI is InChI=1S/C15H18N4O2S/c16-13(20)10-22-15-18-17-14(11-5-2-1-3-6-11)19(15)9-12-7-4-8-21-12/h1-3,5-6,12H,4,7-10H2,(H2,16,20). The molecule has 2 aromatic rings. The Kier molecular flexibility index (Phi) is 4.74. The van der Waals surface area contributed by atoms with Crippen molar-refractivity contribution in [2.24, 2.45) is 5.73 Å². The number of hydrogen-bond acceptors (Lipinski definition) is 5. The average Bonchev–Trinajstić information content (AvgIpc) is 3.16. The predicted octanol–water partition coefficient (Wildman–Crippen LogP) is 1.70. The van der Waals surface area contributed by atoms with Crippen LogP contribution in [0.15, 0.2) is 35.5 Å². The number of hydrogen-bond donors (Lipinski definition) is 1. The lowest BCUT2D eigenvalue weighted by atomic mass is 10.2. The van der Waals surface area contributed by atoms with E-state index in [1.54, 1.807) is 0 Å². The zero-order valence-corrected chi connectivity index (χ0v) is 13.0. The quantitative estimate of drug-likeness (QED) is 0.820. The molecule has 0 aliphatic carbocycles. The van der Waals surface area contributed by atoms with E-state index < -0.39 is 0 Å². The van der Waals surface area contributed by atoms with Crippen molar-refractivity contribution >= 4 is 17.7 Å². The molecule has 3 rings (SSSR count). The van der Waals surface area contributed by atoms with Crippen LogP contribution in [-0.2, 0) is 16.1 Å². The highest BCUT2D eigenvalue weighted by Crippen LogP contribution is 2.26. The van der Waals surface area contributed by atoms with E-state index in [2.05, 4.69) is 10.2 Å². The van der Waals surface area contributed by atoms with Crippen molar-refractivity contribution in [3.63, 3.8) is 0 Å². The Morgan fingerprint density at radius 1 is 1.36 bits per heavy atom. The van der Waals surface area contributed by atoms with Crippen LogP contribution in [0.3, 0.4) is 0 Å². The summed E-state index contributed by atoms with van der Waals surface area (Å²) in [5.74, 6) is 0.624. The lowest BCUT2D eigenvalue weighted by Gasteiger charge is -2.14. The zero-order valence-electron chi connectivity index (χ0n) is 12.1. The third kappa shape index (κ3) is 3.48. The summed E-state index contributed by atoms with van der Waals surface area (Å²) in [5.41, 5.74) is 6.23. The molecule has 0 spiro atoms. The Morgan fingerprint density at radius 2 is 2.18 bits per heavy atom. The first-order chi connectivity index (χ1) is 10.7. The summed E-state index contributed by atoms with van der Waals surface area (Å²) in [7, 11) is 0. The van der Waals surface area contributed by atoms with Gasteiger partial charge in [-0.15, -0.1) is 10.2 Å². The van der Waals surface area contributed by atoms with Crippen molar-refractivity contribution in [1.82, 2.24) is 14.8 Å². The van der Waals surface area contributed by atoms with Gasteiger partial charge in [-0.3, -0.25) is 9.36 Å². The molecule has 0 saturated carbocycles. The highest BCUT2D eigenvalue weighted by molar-refractivity contribution is 7.99. The third-order valence-electron chi connectivity index (χ3n) is 3.50. The normalized spacial score (nSPS) is 17.7. The number of benzene rings is 1. The number of aromatic nitrogens is 3. The number of primary amides is 1. The summed E-state index contributed by atoms with van der Waals surface area (Å²) >= 11 is 1.31. The van der Waals surface area contributed by atoms with Crippen LogP contribution in [0, 0.1) is 0 Å². The highest BCUT2D eigenvalue weighted by Gasteiger charge is 2.21. The van der Waals surface area contributed by atoms with Gasteiger partial charge in [-0.25, -0.2) is 0 Å². The summed E-state index contributed by atoms with van der Waals surface area (Å²) < 4.78 is 7.75. The van der Waals surface area contributed by atoms with Gasteiger partial charge in [-0.1, -0.05) is 42.1 Å². The summed E-state index contributed by atoms with van der Waals surface area (Å²) in [5, 5.41) is 9.21. The first-order valence-electron chi connectivity index (χ1n) is 7.25. The maximum atomic E-state index is 11.0. The first kappa shape index (κ1) is 15.1. The van der Waals surface area contributed by atoms with Crippen LogP contribution in [0.4, 0.5) is 0 Å². The number of ether oxygens (including phenoxy) is 1. The van der Waals surface area contributed by atoms with Crippen LogP contribution in [-0.4, -0.2) is 39.1 Å². The number of amides is 1. The monoisotopic (exact) mass is 318 g/mol. The lowest BCUT2D eigenvalue weighted by Crippen LogP contribution is -2.18. The molecule has 1 fully saturated rings. The fourth-order valence-electron chi connectivity index (χ4n) is 2.49. The van der Waals surface area contributed by atoms with Crippen molar-refractivity contribution in [3.8, 4) is 11.4 Å². The molecule has 1 aromatic heterocycles. The van der Waals surface area contributed by atoms with Crippen LogP contribution in [0.5, 0.6) is 0 Å². The van der Waals surface area contributed by atoms with Crippen molar-refractivity contribution < 1.29 is 9.53 Å². The summed E-state index contributed by atoms with van der Waals surface area (Å²) in [6.07, 6.45) is 2.29. The molecule has 1 aromatic carbocycles. The second-order valence-electron chi connectivity index (χ2n) is 5.17. The molecule has 1 aliphatic rings. The molecule has 0 radical (unpaired) electrons. The smallest absolute Gasteiger partial charge is 0.227 e. The van der Waals surface area contributed by atoms with Crippen LogP contribution in [0.2, 0.25) is 0 Å². The second kappa shape index (κ2) is 6.93. The van der Waals surface area contributed by atoms with Gasteiger partial charge in [0.1, 0.15) is 0 Å². The van der Waals surface area contributed by atoms with Gasteiger partial charge in [-0.05, 0) is 12.8 Å². The van der Waals surface area contributed by atoms with Crippen molar-refractivity contribution in [2.45, 2.75) is 30.6 Å². The molecule has 0 bridgehead atoms. The largest absolute Gasteiger partial charge is 0.376 e. The maximum absolute atomic E-state index is 11.0. The molecule has 1 unspecified atom stereocenters. The van der Waals surface area contributed by atoms with Crippen molar-refractivity contribution in [1.29, 1.82) is 0 Å².